The zero-order valence-corrected chi connectivity index (χ0v) is 20.7. The summed E-state index contributed by atoms with van der Waals surface area (Å²) in [6.07, 6.45) is 5.56. The van der Waals surface area contributed by atoms with Crippen LogP contribution in [0.3, 0.4) is 0 Å². The average Bonchev–Trinajstić information content (AvgIpc) is 3.31. The molecule has 0 spiro atoms. The number of benzene rings is 1. The van der Waals surface area contributed by atoms with Crippen LogP contribution >= 0.6 is 11.3 Å². The van der Waals surface area contributed by atoms with Crippen LogP contribution in [0.15, 0.2) is 17.5 Å². The van der Waals surface area contributed by atoms with Crippen LogP contribution in [0.2, 0.25) is 0 Å². The molecular weight excluding hydrogens is 442 g/mol. The van der Waals surface area contributed by atoms with Crippen molar-refractivity contribution in [3.05, 3.63) is 33.8 Å². The van der Waals surface area contributed by atoms with Gasteiger partial charge in [0.1, 0.15) is 10.7 Å². The lowest BCUT2D eigenvalue weighted by Gasteiger charge is -2.22. The van der Waals surface area contributed by atoms with Gasteiger partial charge in [-0.05, 0) is 30.9 Å². The third-order valence-corrected chi connectivity index (χ3v) is 6.77. The summed E-state index contributed by atoms with van der Waals surface area (Å²) in [5.74, 6) is 0.846. The molecular formula is C24H33N3O5S. The van der Waals surface area contributed by atoms with Gasteiger partial charge in [-0.1, -0.05) is 33.1 Å². The number of ether oxygens (including phenoxy) is 3. The van der Waals surface area contributed by atoms with E-state index in [2.05, 4.69) is 15.6 Å². The number of carbonyl (C=O) groups is 2. The maximum Gasteiger partial charge on any atom is 0.270 e. The minimum absolute atomic E-state index is 0.0661. The van der Waals surface area contributed by atoms with Crippen LogP contribution in [0.25, 0.3) is 0 Å². The molecule has 9 heteroatoms. The van der Waals surface area contributed by atoms with Gasteiger partial charge in [0.05, 0.1) is 27.4 Å². The van der Waals surface area contributed by atoms with Crippen LogP contribution < -0.4 is 24.8 Å². The van der Waals surface area contributed by atoms with Crippen molar-refractivity contribution in [3.8, 4) is 17.2 Å². The lowest BCUT2D eigenvalue weighted by molar-refractivity contribution is 0.0920. The van der Waals surface area contributed by atoms with Gasteiger partial charge in [-0.15, -0.1) is 11.3 Å². The van der Waals surface area contributed by atoms with E-state index in [0.717, 1.165) is 25.7 Å². The number of nitrogens with zero attached hydrogens (tertiary/aromatic N) is 1. The van der Waals surface area contributed by atoms with Gasteiger partial charge in [-0.2, -0.15) is 0 Å². The van der Waals surface area contributed by atoms with Crippen molar-refractivity contribution in [2.45, 2.75) is 58.0 Å². The first kappa shape index (κ1) is 24.8. The lowest BCUT2D eigenvalue weighted by atomic mass is 9.95. The summed E-state index contributed by atoms with van der Waals surface area (Å²) in [5, 5.41) is 8.60. The Hall–Kier alpha value is -2.81. The summed E-state index contributed by atoms with van der Waals surface area (Å²) in [4.78, 5) is 30.3. The molecule has 1 aromatic carbocycles. The Morgan fingerprint density at radius 2 is 1.64 bits per heavy atom. The second-order valence-corrected chi connectivity index (χ2v) is 9.38. The van der Waals surface area contributed by atoms with E-state index in [9.17, 15) is 9.59 Å². The molecule has 1 saturated carbocycles. The molecule has 3 rings (SSSR count). The fourth-order valence-corrected chi connectivity index (χ4v) is 5.01. The number of hydrogen-bond acceptors (Lipinski definition) is 7. The smallest absolute Gasteiger partial charge is 0.270 e. The largest absolute Gasteiger partial charge is 0.493 e. The second-order valence-electron chi connectivity index (χ2n) is 8.49. The molecule has 1 unspecified atom stereocenters. The van der Waals surface area contributed by atoms with Crippen LogP contribution in [-0.4, -0.2) is 44.2 Å². The molecule has 0 saturated heterocycles. The molecule has 1 aromatic heterocycles. The molecule has 2 N–H and O–H groups in total. The standard InChI is InChI=1S/C24H33N3O5S/c1-14(2)20(24-26-17(13-33-24)23(29)25-16-9-7-6-8-10-16)27-22(28)15-11-18(30-3)21(32-5)19(12-15)31-4/h11-14,16,20H,6-10H2,1-5H3,(H,25,29)(H,27,28). The van der Waals surface area contributed by atoms with Gasteiger partial charge in [0.15, 0.2) is 11.5 Å². The topological polar surface area (TPSA) is 98.8 Å². The molecule has 8 nitrogen and oxygen atoms in total. The molecule has 1 heterocycles. The van der Waals surface area contributed by atoms with Gasteiger partial charge >= 0.3 is 0 Å². The minimum Gasteiger partial charge on any atom is -0.493 e. The zero-order valence-electron chi connectivity index (χ0n) is 19.9. The Labute approximate surface area is 199 Å². The molecule has 1 atom stereocenters. The number of aromatic nitrogens is 1. The molecule has 1 aliphatic carbocycles. The van der Waals surface area contributed by atoms with Crippen molar-refractivity contribution in [1.29, 1.82) is 0 Å². The normalized spacial score (nSPS) is 15.1. The molecule has 1 fully saturated rings. The monoisotopic (exact) mass is 475 g/mol. The molecule has 33 heavy (non-hydrogen) atoms. The Morgan fingerprint density at radius 3 is 2.18 bits per heavy atom. The molecule has 0 aliphatic heterocycles. The quantitative estimate of drug-likeness (QED) is 0.559. The maximum atomic E-state index is 13.1. The lowest BCUT2D eigenvalue weighted by Crippen LogP contribution is -2.36. The predicted molar refractivity (Wildman–Crippen MR) is 128 cm³/mol. The summed E-state index contributed by atoms with van der Waals surface area (Å²) in [6, 6.07) is 3.09. The van der Waals surface area contributed by atoms with Crippen LogP contribution in [-0.2, 0) is 0 Å². The number of amides is 2. The molecule has 180 valence electrons. The Bertz CT molecular complexity index is 944. The molecule has 1 aliphatic rings. The summed E-state index contributed by atoms with van der Waals surface area (Å²) < 4.78 is 16.1. The highest BCUT2D eigenvalue weighted by atomic mass is 32.1. The van der Waals surface area contributed by atoms with E-state index < -0.39 is 0 Å². The van der Waals surface area contributed by atoms with E-state index in [1.165, 1.54) is 39.1 Å². The van der Waals surface area contributed by atoms with Crippen molar-refractivity contribution >= 4 is 23.2 Å². The number of nitrogens with one attached hydrogen (secondary N) is 2. The van der Waals surface area contributed by atoms with Crippen LogP contribution in [0.5, 0.6) is 17.2 Å². The number of thiazole rings is 1. The van der Waals surface area contributed by atoms with Gasteiger partial charge < -0.3 is 24.8 Å². The van der Waals surface area contributed by atoms with E-state index in [0.29, 0.717) is 33.5 Å². The summed E-state index contributed by atoms with van der Waals surface area (Å²) in [5.41, 5.74) is 0.773. The van der Waals surface area contributed by atoms with E-state index in [1.807, 2.05) is 13.8 Å². The van der Waals surface area contributed by atoms with Gasteiger partial charge in [0, 0.05) is 17.0 Å². The molecule has 2 aromatic rings. The fourth-order valence-electron chi connectivity index (χ4n) is 3.99. The van der Waals surface area contributed by atoms with Crippen LogP contribution in [0, 0.1) is 5.92 Å². The highest BCUT2D eigenvalue weighted by Gasteiger charge is 2.26. The first-order valence-electron chi connectivity index (χ1n) is 11.2. The summed E-state index contributed by atoms with van der Waals surface area (Å²) in [7, 11) is 4.52. The SMILES string of the molecule is COc1cc(C(=O)NC(c2nc(C(=O)NC3CCCCC3)cs2)C(C)C)cc(OC)c1OC. The van der Waals surface area contributed by atoms with Crippen LogP contribution in [0.1, 0.15) is 77.8 Å². The molecule has 0 bridgehead atoms. The van der Waals surface area contributed by atoms with Crippen molar-refractivity contribution in [2.75, 3.05) is 21.3 Å². The first-order valence-corrected chi connectivity index (χ1v) is 12.1. The highest BCUT2D eigenvalue weighted by Crippen LogP contribution is 2.38. The highest BCUT2D eigenvalue weighted by molar-refractivity contribution is 7.09. The number of rotatable bonds is 9. The Morgan fingerprint density at radius 1 is 1.00 bits per heavy atom. The third kappa shape index (κ3) is 5.96. The van der Waals surface area contributed by atoms with Crippen molar-refractivity contribution in [3.63, 3.8) is 0 Å². The van der Waals surface area contributed by atoms with E-state index >= 15 is 0 Å². The van der Waals surface area contributed by atoms with Crippen molar-refractivity contribution in [2.24, 2.45) is 5.92 Å². The number of hydrogen-bond donors (Lipinski definition) is 2. The van der Waals surface area contributed by atoms with E-state index in [4.69, 9.17) is 14.2 Å². The van der Waals surface area contributed by atoms with Gasteiger partial charge in [0.2, 0.25) is 5.75 Å². The molecule has 0 radical (unpaired) electrons. The average molecular weight is 476 g/mol. The minimum atomic E-state index is -0.349. The summed E-state index contributed by atoms with van der Waals surface area (Å²) >= 11 is 1.38. The molecule has 2 amide bonds. The van der Waals surface area contributed by atoms with Crippen molar-refractivity contribution < 1.29 is 23.8 Å². The second kappa shape index (κ2) is 11.4. The first-order chi connectivity index (χ1) is 15.9. The summed E-state index contributed by atoms with van der Waals surface area (Å²) in [6.45, 7) is 4.01. The fraction of sp³-hybridized carbons (Fsp3) is 0.542. The predicted octanol–water partition coefficient (Wildman–Crippen LogP) is 4.36. The van der Waals surface area contributed by atoms with Gasteiger partial charge in [0.25, 0.3) is 11.8 Å². The third-order valence-electron chi connectivity index (χ3n) is 5.84. The number of carbonyl (C=O) groups excluding carboxylic acids is 2. The van der Waals surface area contributed by atoms with Gasteiger partial charge in [-0.25, -0.2) is 4.98 Å². The Balaban J connectivity index is 1.76. The van der Waals surface area contributed by atoms with E-state index in [1.54, 1.807) is 17.5 Å². The zero-order chi connectivity index (χ0) is 24.0. The maximum absolute atomic E-state index is 13.1. The van der Waals surface area contributed by atoms with Crippen LogP contribution in [0.4, 0.5) is 0 Å². The van der Waals surface area contributed by atoms with Crippen molar-refractivity contribution in [1.82, 2.24) is 15.6 Å². The Kier molecular flexibility index (Phi) is 8.55. The van der Waals surface area contributed by atoms with Gasteiger partial charge in [-0.3, -0.25) is 9.59 Å². The number of methoxy groups -OCH3 is 3. The van der Waals surface area contributed by atoms with E-state index in [-0.39, 0.29) is 29.8 Å².